The molecule has 1 aliphatic carbocycles. The smallest absolute Gasteiger partial charge is 0.261 e. The minimum Gasteiger partial charge on any atom is -0.361 e. The van der Waals surface area contributed by atoms with Gasteiger partial charge in [0.1, 0.15) is 22.4 Å². The van der Waals surface area contributed by atoms with Crippen molar-refractivity contribution in [1.29, 1.82) is 5.26 Å². The molecule has 0 spiro atoms. The number of amides is 1. The number of fused-ring (bicyclic) bond motifs is 1. The Morgan fingerprint density at radius 2 is 2.27 bits per heavy atom. The molecule has 2 heterocycles. The van der Waals surface area contributed by atoms with Crippen molar-refractivity contribution in [2.75, 3.05) is 5.32 Å². The van der Waals surface area contributed by atoms with Gasteiger partial charge in [-0.1, -0.05) is 12.1 Å². The zero-order valence-corrected chi connectivity index (χ0v) is 13.6. The number of hydrogen-bond acceptors (Lipinski definition) is 5. The molecular formula is C16H17N3O2S. The Kier molecular flexibility index (Phi) is 3.75. The van der Waals surface area contributed by atoms with Crippen molar-refractivity contribution in [3.8, 4) is 6.07 Å². The van der Waals surface area contributed by atoms with Crippen molar-refractivity contribution in [3.05, 3.63) is 33.0 Å². The summed E-state index contributed by atoms with van der Waals surface area (Å²) in [6.07, 6.45) is 2.99. The number of nitriles is 1. The fourth-order valence-corrected chi connectivity index (χ4v) is 4.29. The summed E-state index contributed by atoms with van der Waals surface area (Å²) in [4.78, 5) is 13.7. The predicted octanol–water partition coefficient (Wildman–Crippen LogP) is 3.60. The summed E-state index contributed by atoms with van der Waals surface area (Å²) in [6, 6.07) is 2.26. The van der Waals surface area contributed by atoms with Crippen LogP contribution in [0.15, 0.2) is 4.52 Å². The first-order valence-corrected chi connectivity index (χ1v) is 8.11. The van der Waals surface area contributed by atoms with E-state index in [1.54, 1.807) is 13.8 Å². The lowest BCUT2D eigenvalue weighted by Gasteiger charge is -2.17. The summed E-state index contributed by atoms with van der Waals surface area (Å²) in [7, 11) is 0. The van der Waals surface area contributed by atoms with Gasteiger partial charge in [-0.2, -0.15) is 5.26 Å². The van der Waals surface area contributed by atoms with Gasteiger partial charge in [-0.3, -0.25) is 4.79 Å². The predicted molar refractivity (Wildman–Crippen MR) is 84.2 cm³/mol. The van der Waals surface area contributed by atoms with Gasteiger partial charge in [0, 0.05) is 4.88 Å². The molecule has 114 valence electrons. The number of aromatic nitrogens is 1. The first-order chi connectivity index (χ1) is 10.5. The number of carbonyl (C=O) groups excluding carboxylic acids is 1. The van der Waals surface area contributed by atoms with Crippen LogP contribution in [0.25, 0.3) is 0 Å². The van der Waals surface area contributed by atoms with Crippen LogP contribution in [-0.2, 0) is 12.8 Å². The Bertz CT molecular complexity index is 763. The monoisotopic (exact) mass is 315 g/mol. The third-order valence-corrected chi connectivity index (χ3v) is 5.28. The Balaban J connectivity index is 1.93. The highest BCUT2D eigenvalue weighted by molar-refractivity contribution is 7.16. The van der Waals surface area contributed by atoms with E-state index in [1.165, 1.54) is 16.2 Å². The van der Waals surface area contributed by atoms with E-state index in [9.17, 15) is 10.1 Å². The lowest BCUT2D eigenvalue weighted by atomic mass is 9.88. The van der Waals surface area contributed by atoms with Gasteiger partial charge in [-0.25, -0.2) is 0 Å². The number of nitrogens with zero attached hydrogens (tertiary/aromatic N) is 2. The second-order valence-electron chi connectivity index (χ2n) is 5.82. The molecule has 0 aliphatic heterocycles. The van der Waals surface area contributed by atoms with Crippen LogP contribution in [0.1, 0.15) is 51.2 Å². The van der Waals surface area contributed by atoms with Crippen molar-refractivity contribution < 1.29 is 9.32 Å². The second-order valence-corrected chi connectivity index (χ2v) is 6.93. The fourth-order valence-electron chi connectivity index (χ4n) is 2.93. The van der Waals surface area contributed by atoms with Crippen molar-refractivity contribution in [2.45, 2.75) is 40.0 Å². The van der Waals surface area contributed by atoms with Gasteiger partial charge >= 0.3 is 0 Å². The zero-order valence-electron chi connectivity index (χ0n) is 12.8. The molecule has 0 radical (unpaired) electrons. The molecule has 1 aliphatic rings. The molecule has 1 atom stereocenters. The maximum Gasteiger partial charge on any atom is 0.261 e. The summed E-state index contributed by atoms with van der Waals surface area (Å²) in [5, 5.41) is 16.8. The molecule has 6 heteroatoms. The molecule has 5 nitrogen and oxygen atoms in total. The highest BCUT2D eigenvalue weighted by Crippen LogP contribution is 2.39. The molecule has 0 saturated carbocycles. The number of thiophene rings is 1. The number of hydrogen-bond donors (Lipinski definition) is 1. The molecule has 0 bridgehead atoms. The van der Waals surface area contributed by atoms with E-state index in [0.717, 1.165) is 24.8 Å². The minimum absolute atomic E-state index is 0.264. The van der Waals surface area contributed by atoms with E-state index in [4.69, 9.17) is 4.52 Å². The minimum atomic E-state index is -0.264. The third kappa shape index (κ3) is 2.42. The normalized spacial score (nSPS) is 16.9. The summed E-state index contributed by atoms with van der Waals surface area (Å²) in [5.41, 5.74) is 2.73. The standard InChI is InChI=1S/C16H17N3O2S/c1-8-4-5-11-12(7-17)16(22-13(11)6-8)18-15(20)14-9(2)19-21-10(14)3/h8H,4-6H2,1-3H3,(H,18,20)/t8-/m0/s1. The summed E-state index contributed by atoms with van der Waals surface area (Å²) in [6.45, 7) is 5.66. The second kappa shape index (κ2) is 5.58. The van der Waals surface area contributed by atoms with Gasteiger partial charge < -0.3 is 9.84 Å². The van der Waals surface area contributed by atoms with E-state index >= 15 is 0 Å². The maximum absolute atomic E-state index is 12.4. The van der Waals surface area contributed by atoms with Crippen LogP contribution in [0, 0.1) is 31.1 Å². The van der Waals surface area contributed by atoms with Crippen molar-refractivity contribution in [3.63, 3.8) is 0 Å². The van der Waals surface area contributed by atoms with Crippen LogP contribution in [0.5, 0.6) is 0 Å². The van der Waals surface area contributed by atoms with Crippen molar-refractivity contribution in [1.82, 2.24) is 5.16 Å². The van der Waals surface area contributed by atoms with Gasteiger partial charge in [0.25, 0.3) is 5.91 Å². The van der Waals surface area contributed by atoms with Crippen LogP contribution >= 0.6 is 11.3 Å². The highest BCUT2D eigenvalue weighted by atomic mass is 32.1. The lowest BCUT2D eigenvalue weighted by molar-refractivity contribution is 0.102. The summed E-state index contributed by atoms with van der Waals surface area (Å²) < 4.78 is 5.03. The maximum atomic E-state index is 12.4. The average Bonchev–Trinajstić information content (AvgIpc) is 2.97. The van der Waals surface area contributed by atoms with E-state index < -0.39 is 0 Å². The molecule has 22 heavy (non-hydrogen) atoms. The Hall–Kier alpha value is -2.13. The van der Waals surface area contributed by atoms with Gasteiger partial charge in [-0.05, 0) is 44.6 Å². The first kappa shape index (κ1) is 14.8. The molecule has 0 unspecified atom stereocenters. The molecule has 0 fully saturated rings. The zero-order chi connectivity index (χ0) is 15.9. The van der Waals surface area contributed by atoms with E-state index in [1.807, 2.05) is 0 Å². The molecule has 1 N–H and O–H groups in total. The Labute approximate surface area is 132 Å². The highest BCUT2D eigenvalue weighted by Gasteiger charge is 2.26. The van der Waals surface area contributed by atoms with Crippen LogP contribution in [0.4, 0.5) is 5.00 Å². The van der Waals surface area contributed by atoms with E-state index in [2.05, 4.69) is 23.5 Å². The molecule has 1 amide bonds. The third-order valence-electron chi connectivity index (χ3n) is 4.11. The van der Waals surface area contributed by atoms with Gasteiger partial charge in [0.05, 0.1) is 11.3 Å². The number of rotatable bonds is 2. The van der Waals surface area contributed by atoms with E-state index in [-0.39, 0.29) is 5.91 Å². The van der Waals surface area contributed by atoms with Gasteiger partial charge in [0.15, 0.2) is 0 Å². The van der Waals surface area contributed by atoms with Crippen molar-refractivity contribution in [2.24, 2.45) is 5.92 Å². The van der Waals surface area contributed by atoms with Crippen LogP contribution < -0.4 is 5.32 Å². The van der Waals surface area contributed by atoms with Crippen LogP contribution in [0.2, 0.25) is 0 Å². The van der Waals surface area contributed by atoms with Gasteiger partial charge in [0.2, 0.25) is 0 Å². The molecule has 0 aromatic carbocycles. The first-order valence-electron chi connectivity index (χ1n) is 7.30. The van der Waals surface area contributed by atoms with Crippen LogP contribution in [-0.4, -0.2) is 11.1 Å². The van der Waals surface area contributed by atoms with Crippen molar-refractivity contribution >= 4 is 22.2 Å². The Morgan fingerprint density at radius 1 is 1.50 bits per heavy atom. The van der Waals surface area contributed by atoms with E-state index in [0.29, 0.717) is 33.5 Å². The topological polar surface area (TPSA) is 78.9 Å². The molecular weight excluding hydrogens is 298 g/mol. The Morgan fingerprint density at radius 3 is 2.91 bits per heavy atom. The SMILES string of the molecule is Cc1noc(C)c1C(=O)Nc1sc2c(c1C#N)CC[C@H](C)C2. The van der Waals surface area contributed by atoms with Crippen LogP contribution in [0.3, 0.4) is 0 Å². The number of aryl methyl sites for hydroxylation is 2. The average molecular weight is 315 g/mol. The fraction of sp³-hybridized carbons (Fsp3) is 0.438. The molecule has 2 aromatic rings. The molecule has 2 aromatic heterocycles. The molecule has 0 saturated heterocycles. The number of anilines is 1. The quantitative estimate of drug-likeness (QED) is 0.918. The number of carbonyl (C=O) groups is 1. The van der Waals surface area contributed by atoms with Gasteiger partial charge in [-0.15, -0.1) is 11.3 Å². The lowest BCUT2D eigenvalue weighted by Crippen LogP contribution is -2.13. The summed E-state index contributed by atoms with van der Waals surface area (Å²) in [5.74, 6) is 0.853. The molecule has 3 rings (SSSR count). The summed E-state index contributed by atoms with van der Waals surface area (Å²) >= 11 is 1.52. The largest absolute Gasteiger partial charge is 0.361 e. The number of nitrogens with one attached hydrogen (secondary N) is 1.